The van der Waals surface area contributed by atoms with Gasteiger partial charge < -0.3 is 99.2 Å². The fourth-order valence-corrected chi connectivity index (χ4v) is 6.32. The zero-order chi connectivity index (χ0) is 39.5. The number of aliphatic hydroxyl groups excluding tert-OH is 8. The molecule has 0 aliphatic carbocycles. The van der Waals surface area contributed by atoms with E-state index < -0.39 is 155 Å². The van der Waals surface area contributed by atoms with Crippen LogP contribution in [-0.2, 0) is 23.7 Å². The number of rotatable bonds is 8. The van der Waals surface area contributed by atoms with Gasteiger partial charge in [-0.25, -0.2) is 0 Å². The molecule has 3 aromatic rings. The minimum Gasteiger partial charge on any atom is -0.508 e. The van der Waals surface area contributed by atoms with Crippen LogP contribution in [0.2, 0.25) is 0 Å². The lowest BCUT2D eigenvalue weighted by atomic mass is 9.97. The quantitative estimate of drug-likeness (QED) is 0.101. The van der Waals surface area contributed by atoms with Crippen molar-refractivity contribution in [3.8, 4) is 45.8 Å². The molecule has 2 aromatic carbocycles. The molecule has 3 saturated heterocycles. The van der Waals surface area contributed by atoms with Crippen molar-refractivity contribution in [2.75, 3.05) is 6.61 Å². The average Bonchev–Trinajstić information content (AvgIpc) is 3.12. The van der Waals surface area contributed by atoms with Crippen LogP contribution < -0.4 is 10.2 Å². The maximum atomic E-state index is 14.1. The first-order valence-corrected chi connectivity index (χ1v) is 16.5. The van der Waals surface area contributed by atoms with E-state index in [-0.39, 0.29) is 5.56 Å². The van der Waals surface area contributed by atoms with Crippen LogP contribution in [0.15, 0.2) is 33.5 Å². The van der Waals surface area contributed by atoms with Gasteiger partial charge in [0.05, 0.1) is 18.8 Å². The summed E-state index contributed by atoms with van der Waals surface area (Å²) < 4.78 is 39.9. The Morgan fingerprint density at radius 3 is 1.81 bits per heavy atom. The van der Waals surface area contributed by atoms with Crippen molar-refractivity contribution >= 4 is 11.0 Å². The summed E-state index contributed by atoms with van der Waals surface area (Å²) in [6, 6.07) is 3.45. The van der Waals surface area contributed by atoms with Crippen molar-refractivity contribution in [2.24, 2.45) is 0 Å². The number of hydrogen-bond acceptors (Lipinski definition) is 21. The van der Waals surface area contributed by atoms with Gasteiger partial charge in [-0.1, -0.05) is 0 Å². The molecule has 15 atom stereocenters. The molecule has 54 heavy (non-hydrogen) atoms. The van der Waals surface area contributed by atoms with E-state index >= 15 is 0 Å². The van der Waals surface area contributed by atoms with Crippen LogP contribution in [0, 0.1) is 0 Å². The summed E-state index contributed by atoms with van der Waals surface area (Å²) >= 11 is 0. The molecule has 21 heteroatoms. The summed E-state index contributed by atoms with van der Waals surface area (Å²) in [5.74, 6) is -5.56. The lowest BCUT2D eigenvalue weighted by Gasteiger charge is -2.46. The van der Waals surface area contributed by atoms with Gasteiger partial charge in [-0.2, -0.15) is 0 Å². The molecule has 3 aliphatic rings. The topological polar surface area (TPSA) is 349 Å². The second kappa shape index (κ2) is 15.2. The van der Waals surface area contributed by atoms with Gasteiger partial charge in [-0.15, -0.1) is 0 Å². The van der Waals surface area contributed by atoms with E-state index in [1.807, 2.05) is 0 Å². The molecular weight excluding hydrogens is 732 g/mol. The molecule has 0 amide bonds. The second-order valence-corrected chi connectivity index (χ2v) is 13.2. The molecule has 0 bridgehead atoms. The van der Waals surface area contributed by atoms with Gasteiger partial charge in [-0.05, 0) is 26.0 Å². The van der Waals surface area contributed by atoms with E-state index in [1.165, 1.54) is 13.8 Å². The van der Waals surface area contributed by atoms with Crippen LogP contribution in [0.3, 0.4) is 0 Å². The normalized spacial score (nSPS) is 37.3. The third-order valence-corrected chi connectivity index (χ3v) is 9.46. The smallest absolute Gasteiger partial charge is 0.239 e. The van der Waals surface area contributed by atoms with E-state index in [0.717, 1.165) is 24.3 Å². The molecule has 6 unspecified atom stereocenters. The van der Waals surface area contributed by atoms with Crippen molar-refractivity contribution in [1.29, 1.82) is 0 Å². The van der Waals surface area contributed by atoms with Crippen molar-refractivity contribution in [2.45, 2.75) is 106 Å². The standard InChI is InChI=1S/C33H40O21/c1-8-18(38)23(43)26(46)31(49-8)48-7-16-21(41)25(45)30(54-32-27(47)24(44)19(39)9(2)50-32)33(52-16)53-29-22(42)17-12(35)5-11(34)6-15(17)51-28(29)10-3-13(36)20(40)14(37)4-10/h3-6,8-9,16,18-19,21,23-27,30-41,43-47H,7H2,1-2H3/t8?,9?,16?,18-,19-,21+,23?,24?,25-,26-,27-,30?,31+,32-,33-/m0/s1. The zero-order valence-electron chi connectivity index (χ0n) is 28.3. The van der Waals surface area contributed by atoms with Gasteiger partial charge in [0.2, 0.25) is 17.5 Å². The number of benzene rings is 2. The van der Waals surface area contributed by atoms with E-state index in [4.69, 9.17) is 32.8 Å². The van der Waals surface area contributed by atoms with E-state index in [0.29, 0.717) is 0 Å². The van der Waals surface area contributed by atoms with Crippen LogP contribution in [0.25, 0.3) is 22.3 Å². The molecule has 298 valence electrons. The Bertz CT molecular complexity index is 1860. The van der Waals surface area contributed by atoms with Crippen LogP contribution in [0.5, 0.6) is 34.5 Å². The summed E-state index contributed by atoms with van der Waals surface area (Å²) in [4.78, 5) is 14.1. The molecule has 3 aliphatic heterocycles. The van der Waals surface area contributed by atoms with Gasteiger partial charge in [0.1, 0.15) is 77.4 Å². The first-order chi connectivity index (χ1) is 25.4. The zero-order valence-corrected chi connectivity index (χ0v) is 28.3. The number of hydrogen-bond donors (Lipinski definition) is 13. The van der Waals surface area contributed by atoms with E-state index in [9.17, 15) is 71.2 Å². The Labute approximate surface area is 303 Å². The number of phenols is 5. The molecule has 0 radical (unpaired) electrons. The largest absolute Gasteiger partial charge is 0.508 e. The van der Waals surface area contributed by atoms with Crippen molar-refractivity contribution in [3.63, 3.8) is 0 Å². The maximum Gasteiger partial charge on any atom is 0.239 e. The number of aliphatic hydroxyl groups is 8. The monoisotopic (exact) mass is 772 g/mol. The summed E-state index contributed by atoms with van der Waals surface area (Å²) in [5.41, 5.74) is -1.93. The highest BCUT2D eigenvalue weighted by molar-refractivity contribution is 5.88. The molecule has 13 N–H and O–H groups in total. The number of fused-ring (bicyclic) bond motifs is 1. The SMILES string of the molecule is CC1O[C@@H](OCC2O[C@@H](Oc3c(-c4cc(O)c(O)c(O)c4)oc4cc(O)cc(O)c4c3=O)C(O[C@@H]3OC(C)[C@H](O)C(O)[C@@H]3O)[C@@H](O)[C@@H]2O)[C@@H](O)C(O)[C@H]1O. The summed E-state index contributed by atoms with van der Waals surface area (Å²) in [6.45, 7) is 1.99. The highest BCUT2D eigenvalue weighted by Crippen LogP contribution is 2.43. The lowest BCUT2D eigenvalue weighted by molar-refractivity contribution is -0.360. The van der Waals surface area contributed by atoms with Gasteiger partial charge in [0, 0.05) is 17.7 Å². The second-order valence-electron chi connectivity index (χ2n) is 13.2. The van der Waals surface area contributed by atoms with Crippen molar-refractivity contribution in [3.05, 3.63) is 34.5 Å². The molecule has 3 fully saturated rings. The summed E-state index contributed by atoms with van der Waals surface area (Å²) in [6.07, 6.45) is -25.6. The minimum absolute atomic E-state index is 0.330. The predicted octanol–water partition coefficient (Wildman–Crippen LogP) is -3.13. The molecule has 21 nitrogen and oxygen atoms in total. The average molecular weight is 773 g/mol. The fourth-order valence-electron chi connectivity index (χ4n) is 6.32. The fraction of sp³-hybridized carbons (Fsp3) is 0.545. The number of ether oxygens (including phenoxy) is 6. The summed E-state index contributed by atoms with van der Waals surface area (Å²) in [5, 5.41) is 135. The van der Waals surface area contributed by atoms with Crippen LogP contribution in [-0.4, -0.2) is 165 Å². The Hall–Kier alpha value is -4.07. The van der Waals surface area contributed by atoms with Crippen molar-refractivity contribution in [1.82, 2.24) is 0 Å². The molecule has 6 rings (SSSR count). The third-order valence-electron chi connectivity index (χ3n) is 9.46. The maximum absolute atomic E-state index is 14.1. The highest BCUT2D eigenvalue weighted by atomic mass is 16.8. The minimum atomic E-state index is -2.08. The van der Waals surface area contributed by atoms with Crippen molar-refractivity contribution < 1.29 is 99.2 Å². The molecular formula is C33H40O21. The van der Waals surface area contributed by atoms with E-state index in [1.54, 1.807) is 0 Å². The van der Waals surface area contributed by atoms with E-state index in [2.05, 4.69) is 0 Å². The van der Waals surface area contributed by atoms with Crippen LogP contribution in [0.4, 0.5) is 0 Å². The van der Waals surface area contributed by atoms with Gasteiger partial charge in [-0.3, -0.25) is 4.79 Å². The first-order valence-electron chi connectivity index (χ1n) is 16.5. The van der Waals surface area contributed by atoms with Gasteiger partial charge >= 0.3 is 0 Å². The third kappa shape index (κ3) is 7.22. The van der Waals surface area contributed by atoms with Gasteiger partial charge in [0.25, 0.3) is 0 Å². The molecule has 0 spiro atoms. The number of phenolic OH excluding ortho intramolecular Hbond substituents is 5. The lowest BCUT2D eigenvalue weighted by Crippen LogP contribution is -2.65. The van der Waals surface area contributed by atoms with Crippen LogP contribution >= 0.6 is 0 Å². The predicted molar refractivity (Wildman–Crippen MR) is 173 cm³/mol. The highest BCUT2D eigenvalue weighted by Gasteiger charge is 2.52. The van der Waals surface area contributed by atoms with Crippen LogP contribution in [0.1, 0.15) is 13.8 Å². The summed E-state index contributed by atoms with van der Waals surface area (Å²) in [7, 11) is 0. The Morgan fingerprint density at radius 1 is 0.630 bits per heavy atom. The molecule has 0 saturated carbocycles. The number of aromatic hydroxyl groups is 5. The Balaban J connectivity index is 1.42. The Morgan fingerprint density at radius 2 is 1.20 bits per heavy atom. The first kappa shape index (κ1) is 39.6. The molecule has 4 heterocycles. The Kier molecular flexibility index (Phi) is 11.2. The van der Waals surface area contributed by atoms with Gasteiger partial charge in [0.15, 0.2) is 41.7 Å². The molecule has 1 aromatic heterocycles.